The van der Waals surface area contributed by atoms with Crippen LogP contribution in [0.15, 0.2) is 109 Å². The van der Waals surface area contributed by atoms with Gasteiger partial charge in [-0.15, -0.1) is 22.7 Å². The van der Waals surface area contributed by atoms with Crippen molar-refractivity contribution < 1.29 is 10.2 Å². The minimum Gasteiger partial charge on any atom is -0.375 e. The molecule has 2 nitrogen and oxygen atoms in total. The SMILES string of the molecule is OC1(c2cc3cc(C4(O)c5ccccc5-c5ccccc54)sc3s2)c2ccccc2-c2ccccc21. The summed E-state index contributed by atoms with van der Waals surface area (Å²) in [6, 6.07) is 36.8. The van der Waals surface area contributed by atoms with Crippen LogP contribution in [0.25, 0.3) is 31.7 Å². The lowest BCUT2D eigenvalue weighted by atomic mass is 9.89. The summed E-state index contributed by atoms with van der Waals surface area (Å²) < 4.78 is 1.10. The van der Waals surface area contributed by atoms with E-state index in [-0.39, 0.29) is 0 Å². The number of fused-ring (bicyclic) bond motifs is 7. The fourth-order valence-electron chi connectivity index (χ4n) is 6.15. The zero-order valence-electron chi connectivity index (χ0n) is 19.1. The van der Waals surface area contributed by atoms with Crippen molar-refractivity contribution >= 4 is 32.1 Å². The van der Waals surface area contributed by atoms with Crippen molar-refractivity contribution in [3.05, 3.63) is 141 Å². The van der Waals surface area contributed by atoms with Crippen molar-refractivity contribution in [2.24, 2.45) is 0 Å². The maximum atomic E-state index is 12.2. The summed E-state index contributed by atoms with van der Waals surface area (Å²) in [4.78, 5) is 1.82. The summed E-state index contributed by atoms with van der Waals surface area (Å²) >= 11 is 3.24. The summed E-state index contributed by atoms with van der Waals surface area (Å²) in [7, 11) is 0. The molecule has 2 aliphatic carbocycles. The quantitative estimate of drug-likeness (QED) is 0.259. The van der Waals surface area contributed by atoms with Gasteiger partial charge in [0.25, 0.3) is 0 Å². The lowest BCUT2D eigenvalue weighted by Gasteiger charge is -2.25. The Labute approximate surface area is 216 Å². The lowest BCUT2D eigenvalue weighted by Crippen LogP contribution is -2.25. The third-order valence-electron chi connectivity index (χ3n) is 7.78. The second-order valence-corrected chi connectivity index (χ2v) is 11.9. The number of rotatable bonds is 2. The highest BCUT2D eigenvalue weighted by molar-refractivity contribution is 7.38. The first-order valence-corrected chi connectivity index (χ1v) is 13.6. The van der Waals surface area contributed by atoms with Gasteiger partial charge in [-0.2, -0.15) is 0 Å². The topological polar surface area (TPSA) is 40.5 Å². The van der Waals surface area contributed by atoms with Crippen LogP contribution < -0.4 is 0 Å². The molecule has 4 aromatic carbocycles. The molecule has 0 amide bonds. The van der Waals surface area contributed by atoms with Gasteiger partial charge in [-0.25, -0.2) is 0 Å². The van der Waals surface area contributed by atoms with Crippen LogP contribution in [0.3, 0.4) is 0 Å². The van der Waals surface area contributed by atoms with Crippen molar-refractivity contribution in [1.29, 1.82) is 0 Å². The number of thiophene rings is 2. The second kappa shape index (κ2) is 7.02. The van der Waals surface area contributed by atoms with E-state index in [1.54, 1.807) is 22.7 Å². The largest absolute Gasteiger partial charge is 0.375 e. The zero-order valence-corrected chi connectivity index (χ0v) is 20.7. The predicted octanol–water partition coefficient (Wildman–Crippen LogP) is 7.49. The Morgan fingerprint density at radius 3 is 1.06 bits per heavy atom. The van der Waals surface area contributed by atoms with Gasteiger partial charge in [0.05, 0.1) is 4.01 Å². The number of hydrogen-bond donors (Lipinski definition) is 2. The molecular formula is C32H20O2S2. The molecule has 0 spiro atoms. The molecule has 0 bridgehead atoms. The molecule has 36 heavy (non-hydrogen) atoms. The molecule has 2 aromatic heterocycles. The van der Waals surface area contributed by atoms with Gasteiger partial charge < -0.3 is 10.2 Å². The predicted molar refractivity (Wildman–Crippen MR) is 148 cm³/mol. The third-order valence-corrected chi connectivity index (χ3v) is 10.4. The first-order valence-electron chi connectivity index (χ1n) is 12.0. The van der Waals surface area contributed by atoms with Crippen LogP contribution in [0.5, 0.6) is 0 Å². The van der Waals surface area contributed by atoms with Crippen LogP contribution >= 0.6 is 22.7 Å². The monoisotopic (exact) mass is 500 g/mol. The number of hydrogen-bond acceptors (Lipinski definition) is 4. The summed E-state index contributed by atoms with van der Waals surface area (Å²) in [5.41, 5.74) is 5.69. The summed E-state index contributed by atoms with van der Waals surface area (Å²) in [6.45, 7) is 0. The van der Waals surface area contributed by atoms with Crippen molar-refractivity contribution in [1.82, 2.24) is 0 Å². The van der Waals surface area contributed by atoms with Gasteiger partial charge in [0.1, 0.15) is 0 Å². The van der Waals surface area contributed by atoms with Crippen LogP contribution in [0.2, 0.25) is 0 Å². The van der Waals surface area contributed by atoms with E-state index in [4.69, 9.17) is 0 Å². The standard InChI is InChI=1S/C32H20O2S2/c33-31(24-13-5-1-9-20(24)21-10-2-6-14-25(21)31)28-17-19-18-29(36-30(19)35-28)32(34)26-15-7-3-11-22(26)23-12-4-8-16-27(23)32/h1-18,33-34H. The maximum Gasteiger partial charge on any atom is 0.150 e. The molecule has 0 atom stereocenters. The van der Waals surface area contributed by atoms with E-state index in [2.05, 4.69) is 36.4 Å². The van der Waals surface area contributed by atoms with Gasteiger partial charge in [-0.05, 0) is 34.4 Å². The summed E-state index contributed by atoms with van der Waals surface area (Å²) in [5.74, 6) is 0. The highest BCUT2D eigenvalue weighted by Gasteiger charge is 2.46. The van der Waals surface area contributed by atoms with Gasteiger partial charge in [-0.3, -0.25) is 0 Å². The zero-order chi connectivity index (χ0) is 24.1. The van der Waals surface area contributed by atoms with Crippen molar-refractivity contribution in [2.45, 2.75) is 11.2 Å². The molecule has 4 heteroatoms. The Bertz CT molecular complexity index is 1590. The smallest absolute Gasteiger partial charge is 0.150 e. The van der Waals surface area contributed by atoms with Crippen LogP contribution in [-0.2, 0) is 11.2 Å². The molecule has 2 N–H and O–H groups in total. The van der Waals surface area contributed by atoms with Crippen molar-refractivity contribution in [3.8, 4) is 22.3 Å². The molecule has 0 fully saturated rings. The normalized spacial score (nSPS) is 15.9. The molecule has 0 saturated heterocycles. The van der Waals surface area contributed by atoms with Gasteiger partial charge in [0.2, 0.25) is 0 Å². The Hall–Kier alpha value is -3.54. The molecule has 8 rings (SSSR count). The average molecular weight is 501 g/mol. The Morgan fingerprint density at radius 2 is 0.750 bits per heavy atom. The lowest BCUT2D eigenvalue weighted by molar-refractivity contribution is 0.135. The summed E-state index contributed by atoms with van der Waals surface area (Å²) in [6.07, 6.45) is 0. The minimum absolute atomic E-state index is 0.909. The van der Waals surface area contributed by atoms with Gasteiger partial charge >= 0.3 is 0 Å². The van der Waals surface area contributed by atoms with Gasteiger partial charge in [0.15, 0.2) is 11.2 Å². The molecule has 6 aromatic rings. The molecule has 2 heterocycles. The van der Waals surface area contributed by atoms with E-state index in [1.807, 2.05) is 72.8 Å². The molecule has 0 aliphatic heterocycles. The van der Waals surface area contributed by atoms with E-state index >= 15 is 0 Å². The Balaban J connectivity index is 1.31. The molecule has 172 valence electrons. The second-order valence-electron chi connectivity index (χ2n) is 9.57. The molecule has 2 aliphatic rings. The molecule has 0 unspecified atom stereocenters. The van der Waals surface area contributed by atoms with E-state index in [0.29, 0.717) is 0 Å². The fourth-order valence-corrected chi connectivity index (χ4v) is 8.83. The highest BCUT2D eigenvalue weighted by atomic mass is 32.2. The molecule has 0 radical (unpaired) electrons. The fraction of sp³-hybridized carbons (Fsp3) is 0.0625. The van der Waals surface area contributed by atoms with Crippen LogP contribution in [0, 0.1) is 0 Å². The number of aliphatic hydroxyl groups is 2. The Morgan fingerprint density at radius 1 is 0.444 bits per heavy atom. The van der Waals surface area contributed by atoms with Crippen LogP contribution in [-0.4, -0.2) is 10.2 Å². The molecule has 0 saturated carbocycles. The van der Waals surface area contributed by atoms with E-state index in [0.717, 1.165) is 63.7 Å². The van der Waals surface area contributed by atoms with E-state index in [1.165, 1.54) is 0 Å². The third kappa shape index (κ3) is 2.42. The first kappa shape index (κ1) is 20.6. The van der Waals surface area contributed by atoms with Crippen LogP contribution in [0.4, 0.5) is 0 Å². The van der Waals surface area contributed by atoms with Crippen molar-refractivity contribution in [2.75, 3.05) is 0 Å². The van der Waals surface area contributed by atoms with Crippen molar-refractivity contribution in [3.63, 3.8) is 0 Å². The van der Waals surface area contributed by atoms with Crippen LogP contribution in [0.1, 0.15) is 32.0 Å². The van der Waals surface area contributed by atoms with E-state index < -0.39 is 11.2 Å². The Kier molecular flexibility index (Phi) is 4.03. The highest BCUT2D eigenvalue weighted by Crippen LogP contribution is 2.56. The maximum absolute atomic E-state index is 12.2. The molecular weight excluding hydrogens is 480 g/mol. The average Bonchev–Trinajstić information content (AvgIpc) is 3.64. The van der Waals surface area contributed by atoms with Gasteiger partial charge in [-0.1, -0.05) is 97.1 Å². The minimum atomic E-state index is -1.18. The van der Waals surface area contributed by atoms with Gasteiger partial charge in [0, 0.05) is 37.4 Å². The first-order chi connectivity index (χ1) is 17.6. The summed E-state index contributed by atoms with van der Waals surface area (Å²) in [5, 5.41) is 25.5. The number of benzene rings is 4. The van der Waals surface area contributed by atoms with E-state index in [9.17, 15) is 10.2 Å².